The Labute approximate surface area is 148 Å². The summed E-state index contributed by atoms with van der Waals surface area (Å²) < 4.78 is 16.2. The molecule has 0 saturated carbocycles. The number of methoxy groups -OCH3 is 1. The number of amides is 1. The Hall–Kier alpha value is -2.95. The van der Waals surface area contributed by atoms with Crippen molar-refractivity contribution in [1.82, 2.24) is 0 Å². The van der Waals surface area contributed by atoms with E-state index in [1.54, 1.807) is 37.5 Å². The highest BCUT2D eigenvalue weighted by Crippen LogP contribution is 2.29. The third-order valence-corrected chi connectivity index (χ3v) is 3.35. The van der Waals surface area contributed by atoms with Gasteiger partial charge in [-0.05, 0) is 61.9 Å². The second kappa shape index (κ2) is 9.37. The summed E-state index contributed by atoms with van der Waals surface area (Å²) >= 11 is 0. The van der Waals surface area contributed by atoms with Crippen molar-refractivity contribution in [2.75, 3.05) is 25.6 Å². The van der Waals surface area contributed by atoms with Crippen molar-refractivity contribution in [1.29, 1.82) is 0 Å². The molecule has 0 heterocycles. The minimum absolute atomic E-state index is 0.211. The molecule has 0 aliphatic rings. The van der Waals surface area contributed by atoms with E-state index in [1.807, 2.05) is 32.0 Å². The van der Waals surface area contributed by atoms with Crippen LogP contribution in [-0.4, -0.2) is 26.2 Å². The van der Waals surface area contributed by atoms with Gasteiger partial charge in [0.15, 0.2) is 11.5 Å². The molecule has 1 amide bonds. The predicted molar refractivity (Wildman–Crippen MR) is 99.4 cm³/mol. The minimum Gasteiger partial charge on any atom is -0.497 e. The second-order valence-electron chi connectivity index (χ2n) is 5.12. The lowest BCUT2D eigenvalue weighted by molar-refractivity contribution is -0.111. The first kappa shape index (κ1) is 18.4. The van der Waals surface area contributed by atoms with Crippen LogP contribution in [0.1, 0.15) is 19.4 Å². The molecule has 0 radical (unpaired) electrons. The molecule has 0 unspecified atom stereocenters. The van der Waals surface area contributed by atoms with Gasteiger partial charge in [-0.15, -0.1) is 0 Å². The Kier molecular flexibility index (Phi) is 6.89. The highest BCUT2D eigenvalue weighted by Gasteiger charge is 2.05. The van der Waals surface area contributed by atoms with Gasteiger partial charge in [-0.1, -0.05) is 6.07 Å². The predicted octanol–water partition coefficient (Wildman–Crippen LogP) is 4.14. The fraction of sp³-hybridized carbons (Fsp3) is 0.250. The Balaban J connectivity index is 2.04. The molecule has 5 nitrogen and oxygen atoms in total. The van der Waals surface area contributed by atoms with Crippen molar-refractivity contribution in [3.05, 3.63) is 54.1 Å². The Morgan fingerprint density at radius 3 is 2.32 bits per heavy atom. The molecular formula is C20H23NO4. The zero-order valence-electron chi connectivity index (χ0n) is 14.7. The quantitative estimate of drug-likeness (QED) is 0.733. The second-order valence-corrected chi connectivity index (χ2v) is 5.12. The molecule has 25 heavy (non-hydrogen) atoms. The van der Waals surface area contributed by atoms with E-state index in [1.165, 1.54) is 6.08 Å². The van der Waals surface area contributed by atoms with Gasteiger partial charge in [0.1, 0.15) is 5.75 Å². The molecular weight excluding hydrogens is 318 g/mol. The smallest absolute Gasteiger partial charge is 0.248 e. The molecule has 2 rings (SSSR count). The lowest BCUT2D eigenvalue weighted by Crippen LogP contribution is -2.07. The molecule has 0 atom stereocenters. The maximum Gasteiger partial charge on any atom is 0.248 e. The average molecular weight is 341 g/mol. The number of rotatable bonds is 8. The Morgan fingerprint density at radius 2 is 1.68 bits per heavy atom. The Bertz CT molecular complexity index is 723. The third-order valence-electron chi connectivity index (χ3n) is 3.35. The molecule has 1 N–H and O–H groups in total. The van der Waals surface area contributed by atoms with Crippen molar-refractivity contribution in [3.8, 4) is 17.2 Å². The number of hydrogen-bond acceptors (Lipinski definition) is 4. The maximum atomic E-state index is 12.0. The normalized spacial score (nSPS) is 10.5. The van der Waals surface area contributed by atoms with Crippen LogP contribution in [0.5, 0.6) is 17.2 Å². The lowest BCUT2D eigenvalue weighted by Gasteiger charge is -2.11. The Morgan fingerprint density at radius 1 is 1.00 bits per heavy atom. The zero-order valence-corrected chi connectivity index (χ0v) is 14.7. The van der Waals surface area contributed by atoms with Gasteiger partial charge in [0.2, 0.25) is 5.91 Å². The van der Waals surface area contributed by atoms with Gasteiger partial charge in [0.25, 0.3) is 0 Å². The van der Waals surface area contributed by atoms with Crippen LogP contribution in [0.3, 0.4) is 0 Å². The van der Waals surface area contributed by atoms with E-state index in [4.69, 9.17) is 14.2 Å². The summed E-state index contributed by atoms with van der Waals surface area (Å²) in [5.74, 6) is 1.90. The van der Waals surface area contributed by atoms with Crippen molar-refractivity contribution < 1.29 is 19.0 Å². The standard InChI is InChI=1S/C20H23NO4/c1-4-24-18-12-6-15(14-19(18)25-5-2)7-13-20(22)21-16-8-10-17(23-3)11-9-16/h6-14H,4-5H2,1-3H3,(H,21,22)/b13-7+. The fourth-order valence-corrected chi connectivity index (χ4v) is 2.20. The van der Waals surface area contributed by atoms with Gasteiger partial charge >= 0.3 is 0 Å². The van der Waals surface area contributed by atoms with Crippen LogP contribution >= 0.6 is 0 Å². The van der Waals surface area contributed by atoms with Crippen LogP contribution in [0, 0.1) is 0 Å². The van der Waals surface area contributed by atoms with Crippen molar-refractivity contribution in [2.24, 2.45) is 0 Å². The van der Waals surface area contributed by atoms with E-state index in [9.17, 15) is 4.79 Å². The first-order chi connectivity index (χ1) is 12.2. The minimum atomic E-state index is -0.211. The number of anilines is 1. The van der Waals surface area contributed by atoms with Gasteiger partial charge in [-0.2, -0.15) is 0 Å². The van der Waals surface area contributed by atoms with Gasteiger partial charge in [0, 0.05) is 11.8 Å². The first-order valence-electron chi connectivity index (χ1n) is 8.19. The van der Waals surface area contributed by atoms with Crippen LogP contribution < -0.4 is 19.5 Å². The molecule has 0 aliphatic carbocycles. The monoisotopic (exact) mass is 341 g/mol. The van der Waals surface area contributed by atoms with Gasteiger partial charge < -0.3 is 19.5 Å². The maximum absolute atomic E-state index is 12.0. The van der Waals surface area contributed by atoms with Crippen molar-refractivity contribution in [2.45, 2.75) is 13.8 Å². The highest BCUT2D eigenvalue weighted by molar-refractivity contribution is 6.01. The summed E-state index contributed by atoms with van der Waals surface area (Å²) in [5.41, 5.74) is 1.56. The summed E-state index contributed by atoms with van der Waals surface area (Å²) in [4.78, 5) is 12.0. The molecule has 0 aliphatic heterocycles. The SMILES string of the molecule is CCOc1ccc(/C=C/C(=O)Nc2ccc(OC)cc2)cc1OCC. The zero-order chi connectivity index (χ0) is 18.1. The number of benzene rings is 2. The van der Waals surface area contributed by atoms with Crippen LogP contribution in [-0.2, 0) is 4.79 Å². The molecule has 0 fully saturated rings. The first-order valence-corrected chi connectivity index (χ1v) is 8.19. The molecule has 0 aromatic heterocycles. The van der Waals surface area contributed by atoms with Crippen molar-refractivity contribution >= 4 is 17.7 Å². The summed E-state index contributed by atoms with van der Waals surface area (Å²) in [7, 11) is 1.60. The van der Waals surface area contributed by atoms with Gasteiger partial charge in [-0.3, -0.25) is 4.79 Å². The summed E-state index contributed by atoms with van der Waals surface area (Å²) in [6.07, 6.45) is 3.22. The van der Waals surface area contributed by atoms with E-state index >= 15 is 0 Å². The summed E-state index contributed by atoms with van der Waals surface area (Å²) in [6, 6.07) is 12.7. The van der Waals surface area contributed by atoms with E-state index in [0.717, 1.165) is 11.3 Å². The van der Waals surface area contributed by atoms with Crippen molar-refractivity contribution in [3.63, 3.8) is 0 Å². The largest absolute Gasteiger partial charge is 0.497 e. The van der Waals surface area contributed by atoms with Crippen LogP contribution in [0.15, 0.2) is 48.5 Å². The number of nitrogens with one attached hydrogen (secondary N) is 1. The van der Waals surface area contributed by atoms with Gasteiger partial charge in [0.05, 0.1) is 20.3 Å². The molecule has 0 bridgehead atoms. The number of carbonyl (C=O) groups is 1. The van der Waals surface area contributed by atoms with Gasteiger partial charge in [-0.25, -0.2) is 0 Å². The number of carbonyl (C=O) groups excluding carboxylic acids is 1. The topological polar surface area (TPSA) is 56.8 Å². The van der Waals surface area contributed by atoms with Crippen LogP contribution in [0.4, 0.5) is 5.69 Å². The summed E-state index contributed by atoms with van der Waals surface area (Å²) in [6.45, 7) is 4.96. The molecule has 0 spiro atoms. The lowest BCUT2D eigenvalue weighted by atomic mass is 10.2. The van der Waals surface area contributed by atoms with E-state index in [-0.39, 0.29) is 5.91 Å². The van der Waals surface area contributed by atoms with E-state index in [2.05, 4.69) is 5.32 Å². The van der Waals surface area contributed by atoms with E-state index in [0.29, 0.717) is 30.4 Å². The fourth-order valence-electron chi connectivity index (χ4n) is 2.20. The molecule has 2 aromatic rings. The molecule has 132 valence electrons. The molecule has 2 aromatic carbocycles. The summed E-state index contributed by atoms with van der Waals surface area (Å²) in [5, 5.41) is 2.80. The third kappa shape index (κ3) is 5.57. The van der Waals surface area contributed by atoms with Crippen LogP contribution in [0.25, 0.3) is 6.08 Å². The number of ether oxygens (including phenoxy) is 3. The van der Waals surface area contributed by atoms with E-state index < -0.39 is 0 Å². The number of hydrogen-bond donors (Lipinski definition) is 1. The van der Waals surface area contributed by atoms with Crippen LogP contribution in [0.2, 0.25) is 0 Å². The average Bonchev–Trinajstić information content (AvgIpc) is 2.63. The molecule has 5 heteroatoms. The molecule has 0 saturated heterocycles. The highest BCUT2D eigenvalue weighted by atomic mass is 16.5.